The second kappa shape index (κ2) is 5.99. The van der Waals surface area contributed by atoms with Gasteiger partial charge in [-0.15, -0.1) is 0 Å². The molecule has 1 heterocycles. The van der Waals surface area contributed by atoms with Crippen LogP contribution in [0.1, 0.15) is 33.1 Å². The molecule has 1 amide bonds. The van der Waals surface area contributed by atoms with E-state index >= 15 is 0 Å². The van der Waals surface area contributed by atoms with Crippen LogP contribution in [0.25, 0.3) is 0 Å². The van der Waals surface area contributed by atoms with Crippen molar-refractivity contribution in [1.82, 2.24) is 10.0 Å². The maximum Gasteiger partial charge on any atom is 0.238 e. The van der Waals surface area contributed by atoms with Gasteiger partial charge in [-0.1, -0.05) is 6.92 Å². The maximum absolute atomic E-state index is 12.0. The molecule has 1 aliphatic rings. The lowest BCUT2D eigenvalue weighted by atomic mass is 9.87. The molecule has 0 aliphatic carbocycles. The van der Waals surface area contributed by atoms with Crippen LogP contribution >= 0.6 is 0 Å². The van der Waals surface area contributed by atoms with Crippen LogP contribution in [0.15, 0.2) is 0 Å². The smallest absolute Gasteiger partial charge is 0.238 e. The number of rotatable bonds is 5. The van der Waals surface area contributed by atoms with Gasteiger partial charge in [-0.05, 0) is 26.2 Å². The molecule has 7 heteroatoms. The van der Waals surface area contributed by atoms with Crippen LogP contribution in [0.3, 0.4) is 0 Å². The van der Waals surface area contributed by atoms with E-state index in [4.69, 9.17) is 4.74 Å². The predicted molar refractivity (Wildman–Crippen MR) is 68.7 cm³/mol. The molecule has 1 fully saturated rings. The van der Waals surface area contributed by atoms with E-state index in [2.05, 4.69) is 10.0 Å². The van der Waals surface area contributed by atoms with Gasteiger partial charge < -0.3 is 10.1 Å². The largest absolute Gasteiger partial charge is 0.381 e. The van der Waals surface area contributed by atoms with Crippen molar-refractivity contribution in [2.75, 3.05) is 19.5 Å². The Kier molecular flexibility index (Phi) is 5.12. The second-order valence-corrected chi connectivity index (χ2v) is 6.63. The van der Waals surface area contributed by atoms with Crippen LogP contribution in [0.4, 0.5) is 0 Å². The molecule has 0 aromatic rings. The van der Waals surface area contributed by atoms with Crippen molar-refractivity contribution in [2.24, 2.45) is 0 Å². The summed E-state index contributed by atoms with van der Waals surface area (Å²) in [5, 5.41) is 2.96. The Morgan fingerprint density at radius 1 is 1.39 bits per heavy atom. The summed E-state index contributed by atoms with van der Waals surface area (Å²) >= 11 is 0. The minimum absolute atomic E-state index is 0.261. The first kappa shape index (κ1) is 15.4. The van der Waals surface area contributed by atoms with Crippen molar-refractivity contribution in [2.45, 2.75) is 44.7 Å². The minimum atomic E-state index is -3.37. The zero-order valence-electron chi connectivity index (χ0n) is 11.2. The van der Waals surface area contributed by atoms with Crippen LogP contribution in [0.5, 0.6) is 0 Å². The van der Waals surface area contributed by atoms with Gasteiger partial charge in [0, 0.05) is 18.8 Å². The highest BCUT2D eigenvalue weighted by atomic mass is 32.2. The second-order valence-electron chi connectivity index (χ2n) is 4.85. The van der Waals surface area contributed by atoms with E-state index in [1.54, 1.807) is 6.92 Å². The highest BCUT2D eigenvalue weighted by molar-refractivity contribution is 7.88. The zero-order valence-corrected chi connectivity index (χ0v) is 12.0. The predicted octanol–water partition coefficient (Wildman–Crippen LogP) is -0.000500. The Balaban J connectivity index is 2.61. The van der Waals surface area contributed by atoms with Crippen molar-refractivity contribution in [1.29, 1.82) is 0 Å². The summed E-state index contributed by atoms with van der Waals surface area (Å²) in [5.74, 6) is -0.288. The fourth-order valence-corrected chi connectivity index (χ4v) is 2.82. The molecule has 1 atom stereocenters. The Hall–Kier alpha value is -0.660. The maximum atomic E-state index is 12.0. The Labute approximate surface area is 109 Å². The Morgan fingerprint density at radius 2 is 1.94 bits per heavy atom. The van der Waals surface area contributed by atoms with E-state index in [0.29, 0.717) is 13.2 Å². The minimum Gasteiger partial charge on any atom is -0.381 e. The molecule has 2 N–H and O–H groups in total. The summed E-state index contributed by atoms with van der Waals surface area (Å²) in [4.78, 5) is 12.0. The molecule has 18 heavy (non-hydrogen) atoms. The Bertz CT molecular complexity index is 388. The highest BCUT2D eigenvalue weighted by Crippen LogP contribution is 2.24. The van der Waals surface area contributed by atoms with Crippen LogP contribution in [-0.2, 0) is 19.6 Å². The first-order valence-corrected chi connectivity index (χ1v) is 8.04. The molecular formula is C11H22N2O4S. The van der Waals surface area contributed by atoms with E-state index < -0.39 is 16.1 Å². The van der Waals surface area contributed by atoms with E-state index in [-0.39, 0.29) is 11.4 Å². The van der Waals surface area contributed by atoms with E-state index in [1.165, 1.54) is 0 Å². The van der Waals surface area contributed by atoms with Gasteiger partial charge in [-0.2, -0.15) is 0 Å². The lowest BCUT2D eigenvalue weighted by Crippen LogP contribution is -2.56. The van der Waals surface area contributed by atoms with E-state index in [0.717, 1.165) is 25.5 Å². The first-order valence-electron chi connectivity index (χ1n) is 6.15. The molecule has 0 saturated carbocycles. The highest BCUT2D eigenvalue weighted by Gasteiger charge is 2.33. The van der Waals surface area contributed by atoms with E-state index in [9.17, 15) is 13.2 Å². The summed E-state index contributed by atoms with van der Waals surface area (Å²) in [5.41, 5.74) is -0.261. The summed E-state index contributed by atoms with van der Waals surface area (Å²) < 4.78 is 29.7. The topological polar surface area (TPSA) is 84.5 Å². The average molecular weight is 278 g/mol. The number of sulfonamides is 1. The normalized spacial score (nSPS) is 21.3. The molecule has 1 aliphatic heterocycles. The number of amides is 1. The van der Waals surface area contributed by atoms with Gasteiger partial charge in [0.2, 0.25) is 15.9 Å². The number of ether oxygens (including phenoxy) is 1. The molecule has 0 radical (unpaired) electrons. The fraction of sp³-hybridized carbons (Fsp3) is 0.909. The van der Waals surface area contributed by atoms with Gasteiger partial charge in [0.15, 0.2) is 0 Å². The Morgan fingerprint density at radius 3 is 2.39 bits per heavy atom. The molecule has 0 bridgehead atoms. The molecule has 0 aromatic heterocycles. The third-order valence-corrected chi connectivity index (χ3v) is 4.08. The van der Waals surface area contributed by atoms with Crippen LogP contribution < -0.4 is 10.0 Å². The number of carbonyl (C=O) groups is 1. The summed E-state index contributed by atoms with van der Waals surface area (Å²) in [6.07, 6.45) is 3.39. The average Bonchev–Trinajstić information content (AvgIpc) is 2.28. The van der Waals surface area contributed by atoms with Crippen LogP contribution in [0, 0.1) is 0 Å². The summed E-state index contributed by atoms with van der Waals surface area (Å²) in [6, 6.07) is -0.758. The fourth-order valence-electron chi connectivity index (χ4n) is 2.07. The number of nitrogens with one attached hydrogen (secondary N) is 2. The van der Waals surface area contributed by atoms with Gasteiger partial charge in [-0.3, -0.25) is 4.79 Å². The van der Waals surface area contributed by atoms with Crippen molar-refractivity contribution in [3.05, 3.63) is 0 Å². The quantitative estimate of drug-likeness (QED) is 0.741. The molecule has 0 spiro atoms. The first-order chi connectivity index (χ1) is 8.28. The number of carbonyl (C=O) groups excluding carboxylic acids is 1. The van der Waals surface area contributed by atoms with Gasteiger partial charge in [0.25, 0.3) is 0 Å². The molecule has 1 rings (SSSR count). The molecular weight excluding hydrogens is 256 g/mol. The lowest BCUT2D eigenvalue weighted by Gasteiger charge is -2.38. The number of hydrogen-bond donors (Lipinski definition) is 2. The summed E-state index contributed by atoms with van der Waals surface area (Å²) in [6.45, 7) is 4.81. The molecule has 1 saturated heterocycles. The zero-order chi connectivity index (χ0) is 13.8. The standard InChI is InChI=1S/C11H22N2O4S/c1-4-11(5-7-17-8-6-11)12-10(14)9(2)13-18(3,15)16/h9,13H,4-8H2,1-3H3,(H,12,14). The van der Waals surface area contributed by atoms with Crippen molar-refractivity contribution in [3.8, 4) is 0 Å². The van der Waals surface area contributed by atoms with Gasteiger partial charge in [0.1, 0.15) is 0 Å². The molecule has 1 unspecified atom stereocenters. The monoisotopic (exact) mass is 278 g/mol. The van der Waals surface area contributed by atoms with E-state index in [1.807, 2.05) is 6.92 Å². The third-order valence-electron chi connectivity index (χ3n) is 3.30. The lowest BCUT2D eigenvalue weighted by molar-refractivity contribution is -0.125. The SMILES string of the molecule is CCC1(NC(=O)C(C)NS(C)(=O)=O)CCOCC1. The summed E-state index contributed by atoms with van der Waals surface area (Å²) in [7, 11) is -3.37. The van der Waals surface area contributed by atoms with Gasteiger partial charge >= 0.3 is 0 Å². The van der Waals surface area contributed by atoms with Crippen LogP contribution in [0.2, 0.25) is 0 Å². The van der Waals surface area contributed by atoms with Gasteiger partial charge in [0.05, 0.1) is 12.3 Å². The van der Waals surface area contributed by atoms with Crippen LogP contribution in [-0.4, -0.2) is 45.4 Å². The molecule has 106 valence electrons. The molecule has 0 aromatic carbocycles. The number of hydrogen-bond acceptors (Lipinski definition) is 4. The molecule has 6 nitrogen and oxygen atoms in total. The van der Waals surface area contributed by atoms with Crippen molar-refractivity contribution in [3.63, 3.8) is 0 Å². The van der Waals surface area contributed by atoms with Crippen molar-refractivity contribution >= 4 is 15.9 Å². The third kappa shape index (κ3) is 4.55. The van der Waals surface area contributed by atoms with Crippen molar-refractivity contribution < 1.29 is 17.9 Å². The van der Waals surface area contributed by atoms with Gasteiger partial charge in [-0.25, -0.2) is 13.1 Å².